The Morgan fingerprint density at radius 1 is 1.24 bits per heavy atom. The molecule has 2 atom stereocenters. The highest BCUT2D eigenvalue weighted by molar-refractivity contribution is 5.26. The van der Waals surface area contributed by atoms with E-state index in [0.29, 0.717) is 5.92 Å². The molecule has 0 saturated carbocycles. The molecular weight excluding hydrogens is 214 g/mol. The molecule has 0 aromatic rings. The summed E-state index contributed by atoms with van der Waals surface area (Å²) in [6.45, 7) is 10.4. The number of fused-ring (bicyclic) bond motifs is 2. The lowest BCUT2D eigenvalue weighted by Gasteiger charge is -2.55. The monoisotopic (exact) mass is 237 g/mol. The van der Waals surface area contributed by atoms with Crippen LogP contribution < -0.4 is 0 Å². The topological polar surface area (TPSA) is 21.7 Å². The zero-order valence-electron chi connectivity index (χ0n) is 11.2. The summed E-state index contributed by atoms with van der Waals surface area (Å²) in [6, 6.07) is 0. The molecule has 0 spiro atoms. The van der Waals surface area contributed by atoms with Crippen molar-refractivity contribution >= 4 is 0 Å². The van der Waals surface area contributed by atoms with E-state index in [1.165, 1.54) is 12.1 Å². The van der Waals surface area contributed by atoms with E-state index in [1.807, 2.05) is 0 Å². The van der Waals surface area contributed by atoms with Gasteiger partial charge in [-0.05, 0) is 33.6 Å². The van der Waals surface area contributed by atoms with Gasteiger partial charge in [0, 0.05) is 24.7 Å². The molecule has 2 fully saturated rings. The number of hydrogen-bond acceptors (Lipinski definition) is 3. The zero-order chi connectivity index (χ0) is 12.1. The first kappa shape index (κ1) is 11.5. The molecule has 4 rings (SSSR count). The summed E-state index contributed by atoms with van der Waals surface area (Å²) in [5.74, 6) is 0.571. The quantitative estimate of drug-likeness (QED) is 0.697. The third-order valence-corrected chi connectivity index (χ3v) is 4.57. The number of morpholine rings is 1. The molecule has 4 aliphatic rings. The smallest absolute Gasteiger partial charge is 0.105 e. The van der Waals surface area contributed by atoms with Gasteiger partial charge in [-0.15, -0.1) is 0 Å². The van der Waals surface area contributed by atoms with Crippen LogP contribution in [0.15, 0.2) is 11.8 Å². The van der Waals surface area contributed by atoms with Gasteiger partial charge in [-0.1, -0.05) is 6.08 Å². The molecule has 2 saturated heterocycles. The van der Waals surface area contributed by atoms with Crippen molar-refractivity contribution in [3.05, 3.63) is 11.8 Å². The fourth-order valence-corrected chi connectivity index (χ4v) is 3.56. The molecule has 0 radical (unpaired) electrons. The van der Waals surface area contributed by atoms with E-state index in [4.69, 9.17) is 9.47 Å². The van der Waals surface area contributed by atoms with Crippen LogP contribution in [-0.2, 0) is 9.47 Å². The van der Waals surface area contributed by atoms with E-state index in [1.54, 1.807) is 0 Å². The van der Waals surface area contributed by atoms with Gasteiger partial charge in [0.15, 0.2) is 0 Å². The molecule has 3 heteroatoms. The Bertz CT molecular complexity index is 344. The molecule has 0 aromatic heterocycles. The molecule has 96 valence electrons. The molecule has 17 heavy (non-hydrogen) atoms. The van der Waals surface area contributed by atoms with E-state index in [-0.39, 0.29) is 11.2 Å². The summed E-state index contributed by atoms with van der Waals surface area (Å²) < 4.78 is 11.8. The molecule has 3 heterocycles. The molecule has 3 aliphatic heterocycles. The lowest BCUT2D eigenvalue weighted by atomic mass is 9.71. The van der Waals surface area contributed by atoms with Crippen LogP contribution in [0.25, 0.3) is 0 Å². The average molecular weight is 237 g/mol. The predicted octanol–water partition coefficient (Wildman–Crippen LogP) is 2.18. The Labute approximate surface area is 104 Å². The van der Waals surface area contributed by atoms with Crippen molar-refractivity contribution in [2.24, 2.45) is 5.92 Å². The van der Waals surface area contributed by atoms with Crippen molar-refractivity contribution in [2.45, 2.75) is 44.8 Å². The van der Waals surface area contributed by atoms with E-state index in [9.17, 15) is 0 Å². The molecule has 0 amide bonds. The molecule has 0 N–H and O–H groups in total. The predicted molar refractivity (Wildman–Crippen MR) is 66.8 cm³/mol. The minimum atomic E-state index is -0.0738. The molecule has 0 aromatic carbocycles. The maximum absolute atomic E-state index is 6.38. The van der Waals surface area contributed by atoms with Crippen molar-refractivity contribution in [1.29, 1.82) is 0 Å². The number of nitrogens with zero attached hydrogens (tertiary/aromatic N) is 1. The van der Waals surface area contributed by atoms with Crippen LogP contribution in [0, 0.1) is 5.92 Å². The highest BCUT2D eigenvalue weighted by atomic mass is 16.5. The van der Waals surface area contributed by atoms with Crippen molar-refractivity contribution in [2.75, 3.05) is 26.3 Å². The first-order valence-corrected chi connectivity index (χ1v) is 6.76. The van der Waals surface area contributed by atoms with Gasteiger partial charge in [0.25, 0.3) is 0 Å². The highest BCUT2D eigenvalue weighted by Crippen LogP contribution is 2.49. The maximum atomic E-state index is 6.38. The first-order chi connectivity index (χ1) is 8.01. The largest absolute Gasteiger partial charge is 0.378 e. The lowest BCUT2D eigenvalue weighted by molar-refractivity contribution is -0.190. The van der Waals surface area contributed by atoms with Crippen LogP contribution in [-0.4, -0.2) is 42.4 Å². The Morgan fingerprint density at radius 2 is 1.94 bits per heavy atom. The second-order valence-electron chi connectivity index (χ2n) is 6.23. The second-order valence-corrected chi connectivity index (χ2v) is 6.23. The Morgan fingerprint density at radius 3 is 2.53 bits per heavy atom. The van der Waals surface area contributed by atoms with Gasteiger partial charge in [-0.2, -0.15) is 0 Å². The van der Waals surface area contributed by atoms with Crippen LogP contribution in [0.2, 0.25) is 0 Å². The van der Waals surface area contributed by atoms with Gasteiger partial charge < -0.3 is 14.4 Å². The minimum Gasteiger partial charge on any atom is -0.378 e. The van der Waals surface area contributed by atoms with Gasteiger partial charge in [-0.3, -0.25) is 0 Å². The minimum absolute atomic E-state index is 0.00276. The summed E-state index contributed by atoms with van der Waals surface area (Å²) in [5.41, 5.74) is 1.34. The summed E-state index contributed by atoms with van der Waals surface area (Å²) >= 11 is 0. The fourth-order valence-electron chi connectivity index (χ4n) is 3.56. The Hall–Kier alpha value is -0.540. The molecular formula is C14H23NO2. The number of hydrogen-bond donors (Lipinski definition) is 0. The van der Waals surface area contributed by atoms with Gasteiger partial charge in [0.05, 0.1) is 18.8 Å². The third kappa shape index (κ3) is 1.80. The number of rotatable bonds is 1. The van der Waals surface area contributed by atoms with Crippen LogP contribution in [0.1, 0.15) is 33.6 Å². The Kier molecular flexibility index (Phi) is 2.53. The average Bonchev–Trinajstić information content (AvgIpc) is 2.28. The maximum Gasteiger partial charge on any atom is 0.105 e. The second kappa shape index (κ2) is 3.72. The normalized spacial score (nSPS) is 40.3. The van der Waals surface area contributed by atoms with Gasteiger partial charge >= 0.3 is 0 Å². The van der Waals surface area contributed by atoms with Crippen LogP contribution in [0.3, 0.4) is 0 Å². The van der Waals surface area contributed by atoms with Crippen molar-refractivity contribution in [3.63, 3.8) is 0 Å². The summed E-state index contributed by atoms with van der Waals surface area (Å²) in [5, 5.41) is 0. The van der Waals surface area contributed by atoms with Crippen LogP contribution >= 0.6 is 0 Å². The third-order valence-electron chi connectivity index (χ3n) is 4.57. The highest BCUT2D eigenvalue weighted by Gasteiger charge is 2.50. The van der Waals surface area contributed by atoms with E-state index in [0.717, 1.165) is 32.7 Å². The van der Waals surface area contributed by atoms with E-state index < -0.39 is 0 Å². The summed E-state index contributed by atoms with van der Waals surface area (Å²) in [6.07, 6.45) is 4.89. The van der Waals surface area contributed by atoms with Crippen LogP contribution in [0.4, 0.5) is 0 Å². The standard InChI is InChI=1S/C14H23NO2/c1-13(2)11-4-5-14(3,17-13)12(10-11)15-6-8-16-9-7-15/h10-11H,4-9H2,1-3H3. The van der Waals surface area contributed by atoms with Crippen LogP contribution in [0.5, 0.6) is 0 Å². The zero-order valence-corrected chi connectivity index (χ0v) is 11.2. The van der Waals surface area contributed by atoms with Gasteiger partial charge in [-0.25, -0.2) is 0 Å². The van der Waals surface area contributed by atoms with Crippen molar-refractivity contribution in [3.8, 4) is 0 Å². The summed E-state index contributed by atoms with van der Waals surface area (Å²) in [4.78, 5) is 2.46. The molecule has 3 nitrogen and oxygen atoms in total. The van der Waals surface area contributed by atoms with E-state index >= 15 is 0 Å². The number of ether oxygens (including phenoxy) is 2. The van der Waals surface area contributed by atoms with Crippen molar-refractivity contribution < 1.29 is 9.47 Å². The SMILES string of the molecule is CC12CCC(C=C1N1CCOCC1)C(C)(C)O2. The van der Waals surface area contributed by atoms with Gasteiger partial charge in [0.1, 0.15) is 5.60 Å². The Balaban J connectivity index is 1.90. The van der Waals surface area contributed by atoms with E-state index in [2.05, 4.69) is 31.7 Å². The van der Waals surface area contributed by atoms with Crippen molar-refractivity contribution in [1.82, 2.24) is 4.90 Å². The fraction of sp³-hybridized carbons (Fsp3) is 0.857. The molecule has 2 bridgehead atoms. The van der Waals surface area contributed by atoms with Gasteiger partial charge in [0.2, 0.25) is 0 Å². The summed E-state index contributed by atoms with van der Waals surface area (Å²) in [7, 11) is 0. The first-order valence-electron chi connectivity index (χ1n) is 6.76. The molecule has 1 aliphatic carbocycles. The lowest BCUT2D eigenvalue weighted by Crippen LogP contribution is -2.57. The molecule has 2 unspecified atom stereocenters.